The van der Waals surface area contributed by atoms with Crippen molar-refractivity contribution in [1.29, 1.82) is 0 Å². The van der Waals surface area contributed by atoms with Crippen molar-refractivity contribution in [3.8, 4) is 0 Å². The summed E-state index contributed by atoms with van der Waals surface area (Å²) in [4.78, 5) is 21.8. The van der Waals surface area contributed by atoms with Crippen molar-refractivity contribution in [2.75, 3.05) is 13.7 Å². The van der Waals surface area contributed by atoms with Crippen molar-refractivity contribution < 1.29 is 24.2 Å². The quantitative estimate of drug-likeness (QED) is 0.678. The highest BCUT2D eigenvalue weighted by atomic mass is 16.5. The Bertz CT molecular complexity index is 250. The minimum Gasteiger partial charge on any atom is -0.469 e. The molecule has 1 aliphatic carbocycles. The van der Waals surface area contributed by atoms with E-state index >= 15 is 0 Å². The third-order valence-corrected chi connectivity index (χ3v) is 2.69. The Morgan fingerprint density at radius 2 is 2.07 bits per heavy atom. The second-order valence-electron chi connectivity index (χ2n) is 3.82. The van der Waals surface area contributed by atoms with E-state index in [4.69, 9.17) is 4.74 Å². The summed E-state index contributed by atoms with van der Waals surface area (Å²) in [7, 11) is 1.33. The Kier molecular flexibility index (Phi) is 4.08. The van der Waals surface area contributed by atoms with Crippen molar-refractivity contribution in [3.05, 3.63) is 0 Å². The van der Waals surface area contributed by atoms with E-state index in [1.807, 2.05) is 0 Å². The summed E-state index contributed by atoms with van der Waals surface area (Å²) in [5.74, 6) is -1.10. The third-order valence-electron chi connectivity index (χ3n) is 2.69. The monoisotopic (exact) mass is 216 g/mol. The number of aliphatic hydroxyl groups excluding tert-OH is 1. The Morgan fingerprint density at radius 3 is 2.60 bits per heavy atom. The molecule has 1 aliphatic rings. The van der Waals surface area contributed by atoms with Crippen LogP contribution in [-0.2, 0) is 19.1 Å². The first-order valence-corrected chi connectivity index (χ1v) is 4.93. The fourth-order valence-corrected chi connectivity index (χ4v) is 1.87. The van der Waals surface area contributed by atoms with Crippen LogP contribution in [0.2, 0.25) is 0 Å². The number of ether oxygens (including phenoxy) is 2. The molecule has 5 nitrogen and oxygen atoms in total. The van der Waals surface area contributed by atoms with Gasteiger partial charge < -0.3 is 14.6 Å². The topological polar surface area (TPSA) is 72.8 Å². The van der Waals surface area contributed by atoms with Crippen LogP contribution < -0.4 is 0 Å². The first-order valence-electron chi connectivity index (χ1n) is 4.93. The largest absolute Gasteiger partial charge is 0.469 e. The molecule has 86 valence electrons. The molecule has 5 heteroatoms. The van der Waals surface area contributed by atoms with E-state index in [1.54, 1.807) is 0 Å². The first kappa shape index (κ1) is 12.0. The fourth-order valence-electron chi connectivity index (χ4n) is 1.87. The number of hydrogen-bond donors (Lipinski definition) is 1. The van der Waals surface area contributed by atoms with Crippen molar-refractivity contribution in [1.82, 2.24) is 0 Å². The number of carbonyl (C=O) groups is 2. The SMILES string of the molecule is COC(=O)C1CC(O)C(COC(C)=O)C1. The van der Waals surface area contributed by atoms with Crippen LogP contribution in [-0.4, -0.2) is 36.9 Å². The highest BCUT2D eigenvalue weighted by Crippen LogP contribution is 2.32. The Balaban J connectivity index is 2.42. The molecule has 1 N–H and O–H groups in total. The van der Waals surface area contributed by atoms with Gasteiger partial charge in [-0.05, 0) is 12.8 Å². The first-order chi connectivity index (χ1) is 7.04. The summed E-state index contributed by atoms with van der Waals surface area (Å²) in [6, 6.07) is 0. The number of esters is 2. The minimum absolute atomic E-state index is 0.155. The standard InChI is InChI=1S/C10H16O5/c1-6(11)15-5-8-3-7(4-9(8)12)10(13)14-2/h7-9,12H,3-5H2,1-2H3. The molecule has 0 amide bonds. The molecule has 0 saturated heterocycles. The van der Waals surface area contributed by atoms with Gasteiger partial charge in [0.1, 0.15) is 0 Å². The van der Waals surface area contributed by atoms with Gasteiger partial charge in [-0.1, -0.05) is 0 Å². The van der Waals surface area contributed by atoms with E-state index in [9.17, 15) is 14.7 Å². The summed E-state index contributed by atoms with van der Waals surface area (Å²) >= 11 is 0. The molecule has 3 unspecified atom stereocenters. The van der Waals surface area contributed by atoms with Gasteiger partial charge in [0.25, 0.3) is 0 Å². The van der Waals surface area contributed by atoms with Gasteiger partial charge in [-0.25, -0.2) is 0 Å². The van der Waals surface area contributed by atoms with Gasteiger partial charge in [0, 0.05) is 12.8 Å². The van der Waals surface area contributed by atoms with E-state index in [0.717, 1.165) is 0 Å². The zero-order valence-corrected chi connectivity index (χ0v) is 8.93. The van der Waals surface area contributed by atoms with E-state index in [1.165, 1.54) is 14.0 Å². The summed E-state index contributed by atoms with van der Waals surface area (Å²) in [6.07, 6.45) is 0.313. The van der Waals surface area contributed by atoms with Crippen LogP contribution in [0, 0.1) is 11.8 Å². The lowest BCUT2D eigenvalue weighted by Crippen LogP contribution is -2.20. The molecule has 0 bridgehead atoms. The highest BCUT2D eigenvalue weighted by molar-refractivity contribution is 5.72. The second kappa shape index (κ2) is 5.11. The predicted molar refractivity (Wildman–Crippen MR) is 50.9 cm³/mol. The van der Waals surface area contributed by atoms with Crippen LogP contribution in [0.5, 0.6) is 0 Å². The van der Waals surface area contributed by atoms with Crippen LogP contribution >= 0.6 is 0 Å². The Labute approximate surface area is 88.4 Å². The molecule has 1 saturated carbocycles. The van der Waals surface area contributed by atoms with Crippen LogP contribution in [0.1, 0.15) is 19.8 Å². The molecule has 0 aromatic carbocycles. The van der Waals surface area contributed by atoms with Crippen molar-refractivity contribution in [2.24, 2.45) is 11.8 Å². The number of methoxy groups -OCH3 is 1. The van der Waals surface area contributed by atoms with Crippen molar-refractivity contribution in [2.45, 2.75) is 25.9 Å². The number of hydrogen-bond acceptors (Lipinski definition) is 5. The second-order valence-corrected chi connectivity index (χ2v) is 3.82. The Hall–Kier alpha value is -1.10. The maximum absolute atomic E-state index is 11.2. The zero-order valence-electron chi connectivity index (χ0n) is 8.93. The van der Waals surface area contributed by atoms with Gasteiger partial charge in [0.05, 0.1) is 25.7 Å². The summed E-state index contributed by atoms with van der Waals surface area (Å²) < 4.78 is 9.41. The number of carbonyl (C=O) groups excluding carboxylic acids is 2. The fraction of sp³-hybridized carbons (Fsp3) is 0.800. The molecule has 0 aliphatic heterocycles. The summed E-state index contributed by atoms with van der Waals surface area (Å²) in [5.41, 5.74) is 0. The molecular weight excluding hydrogens is 200 g/mol. The summed E-state index contributed by atoms with van der Waals surface area (Å²) in [5, 5.41) is 9.62. The van der Waals surface area contributed by atoms with E-state index in [2.05, 4.69) is 4.74 Å². The molecule has 0 radical (unpaired) electrons. The highest BCUT2D eigenvalue weighted by Gasteiger charge is 2.37. The van der Waals surface area contributed by atoms with Gasteiger partial charge in [-0.15, -0.1) is 0 Å². The zero-order chi connectivity index (χ0) is 11.4. The van der Waals surface area contributed by atoms with Gasteiger partial charge in [0.15, 0.2) is 0 Å². The van der Waals surface area contributed by atoms with Crippen LogP contribution in [0.15, 0.2) is 0 Å². The lowest BCUT2D eigenvalue weighted by atomic mass is 10.1. The van der Waals surface area contributed by atoms with Crippen molar-refractivity contribution >= 4 is 11.9 Å². The maximum atomic E-state index is 11.2. The van der Waals surface area contributed by atoms with Crippen molar-refractivity contribution in [3.63, 3.8) is 0 Å². The molecule has 0 aromatic rings. The Morgan fingerprint density at radius 1 is 1.40 bits per heavy atom. The molecule has 1 fully saturated rings. The van der Waals surface area contributed by atoms with E-state index in [-0.39, 0.29) is 30.4 Å². The molecule has 0 aromatic heterocycles. The average Bonchev–Trinajstić information content (AvgIpc) is 2.55. The third kappa shape index (κ3) is 3.20. The van der Waals surface area contributed by atoms with Gasteiger partial charge >= 0.3 is 11.9 Å². The van der Waals surface area contributed by atoms with Gasteiger partial charge in [-0.3, -0.25) is 9.59 Å². The minimum atomic E-state index is -0.589. The van der Waals surface area contributed by atoms with Crippen LogP contribution in [0.3, 0.4) is 0 Å². The lowest BCUT2D eigenvalue weighted by Gasteiger charge is -2.12. The predicted octanol–water partition coefficient (Wildman–Crippen LogP) is 0.110. The molecule has 0 spiro atoms. The van der Waals surface area contributed by atoms with Crippen LogP contribution in [0.25, 0.3) is 0 Å². The normalized spacial score (nSPS) is 29.9. The molecule has 3 atom stereocenters. The lowest BCUT2D eigenvalue weighted by molar-refractivity contribution is -0.145. The summed E-state index contributed by atoms with van der Waals surface area (Å²) in [6.45, 7) is 1.49. The number of aliphatic hydroxyl groups is 1. The van der Waals surface area contributed by atoms with E-state index < -0.39 is 6.10 Å². The van der Waals surface area contributed by atoms with Crippen LogP contribution in [0.4, 0.5) is 0 Å². The van der Waals surface area contributed by atoms with Gasteiger partial charge in [-0.2, -0.15) is 0 Å². The molecule has 0 heterocycles. The molecule has 1 rings (SSSR count). The average molecular weight is 216 g/mol. The van der Waals surface area contributed by atoms with Gasteiger partial charge in [0.2, 0.25) is 0 Å². The smallest absolute Gasteiger partial charge is 0.308 e. The van der Waals surface area contributed by atoms with E-state index in [0.29, 0.717) is 12.8 Å². The molecule has 15 heavy (non-hydrogen) atoms. The number of rotatable bonds is 3. The molecular formula is C10H16O5. The maximum Gasteiger partial charge on any atom is 0.308 e.